The maximum Gasteiger partial charge on any atom is 0.161 e. The molecular formula is C20H19N3O. The van der Waals surface area contributed by atoms with Crippen LogP contribution in [-0.4, -0.2) is 15.8 Å². The molecule has 1 N–H and O–H groups in total. The van der Waals surface area contributed by atoms with Crippen LogP contribution in [0, 0.1) is 6.92 Å². The number of aryl methyl sites for hydroxylation is 1. The van der Waals surface area contributed by atoms with Crippen LogP contribution in [0.2, 0.25) is 0 Å². The Balaban J connectivity index is 1.86. The zero-order valence-electron chi connectivity index (χ0n) is 13.8. The predicted molar refractivity (Wildman–Crippen MR) is 96.0 cm³/mol. The topological polar surface area (TPSA) is 54.9 Å². The van der Waals surface area contributed by atoms with E-state index in [2.05, 4.69) is 27.4 Å². The Labute approximate surface area is 141 Å². The summed E-state index contributed by atoms with van der Waals surface area (Å²) in [6.45, 7) is 4.23. The molecule has 0 saturated carbocycles. The molecule has 0 unspecified atom stereocenters. The van der Waals surface area contributed by atoms with Crippen LogP contribution in [0.1, 0.15) is 28.4 Å². The Hall–Kier alpha value is -3.01. The van der Waals surface area contributed by atoms with Crippen LogP contribution in [0.25, 0.3) is 11.4 Å². The summed E-state index contributed by atoms with van der Waals surface area (Å²) in [6, 6.07) is 17.6. The molecule has 0 fully saturated rings. The highest BCUT2D eigenvalue weighted by Crippen LogP contribution is 2.20. The Morgan fingerprint density at radius 2 is 1.88 bits per heavy atom. The van der Waals surface area contributed by atoms with Gasteiger partial charge in [0, 0.05) is 29.4 Å². The van der Waals surface area contributed by atoms with Gasteiger partial charge in [0.15, 0.2) is 11.6 Å². The van der Waals surface area contributed by atoms with Gasteiger partial charge in [-0.05, 0) is 25.5 Å². The van der Waals surface area contributed by atoms with Crippen molar-refractivity contribution in [1.82, 2.24) is 9.97 Å². The molecule has 1 heterocycles. The number of anilines is 1. The van der Waals surface area contributed by atoms with Gasteiger partial charge in [-0.15, -0.1) is 0 Å². The van der Waals surface area contributed by atoms with Crippen molar-refractivity contribution in [2.24, 2.45) is 0 Å². The molecule has 0 amide bonds. The van der Waals surface area contributed by atoms with Crippen molar-refractivity contribution in [2.45, 2.75) is 20.4 Å². The lowest BCUT2D eigenvalue weighted by Crippen LogP contribution is -2.05. The van der Waals surface area contributed by atoms with Gasteiger partial charge in [-0.1, -0.05) is 48.5 Å². The maximum atomic E-state index is 11.6. The minimum atomic E-state index is 0.0337. The van der Waals surface area contributed by atoms with Crippen LogP contribution in [0.15, 0.2) is 60.8 Å². The van der Waals surface area contributed by atoms with Crippen LogP contribution in [-0.2, 0) is 6.54 Å². The lowest BCUT2D eigenvalue weighted by Gasteiger charge is -2.10. The summed E-state index contributed by atoms with van der Waals surface area (Å²) < 4.78 is 0. The van der Waals surface area contributed by atoms with Crippen molar-refractivity contribution >= 4 is 11.6 Å². The molecule has 0 aliphatic carbocycles. The third-order valence-corrected chi connectivity index (χ3v) is 3.80. The first kappa shape index (κ1) is 15.9. The number of nitrogens with one attached hydrogen (secondary N) is 1. The van der Waals surface area contributed by atoms with Crippen LogP contribution in [0.4, 0.5) is 5.82 Å². The summed E-state index contributed by atoms with van der Waals surface area (Å²) >= 11 is 0. The largest absolute Gasteiger partial charge is 0.366 e. The minimum absolute atomic E-state index is 0.0337. The van der Waals surface area contributed by atoms with Crippen molar-refractivity contribution < 1.29 is 4.79 Å². The van der Waals surface area contributed by atoms with E-state index in [9.17, 15) is 4.79 Å². The van der Waals surface area contributed by atoms with E-state index in [1.165, 1.54) is 5.56 Å². The second kappa shape index (κ2) is 7.04. The van der Waals surface area contributed by atoms with Crippen molar-refractivity contribution in [3.05, 3.63) is 77.5 Å². The Morgan fingerprint density at radius 1 is 1.08 bits per heavy atom. The average molecular weight is 317 g/mol. The van der Waals surface area contributed by atoms with Gasteiger partial charge < -0.3 is 5.32 Å². The van der Waals surface area contributed by atoms with Crippen molar-refractivity contribution in [3.63, 3.8) is 0 Å². The number of carbonyl (C=O) groups is 1. The molecule has 1 aromatic heterocycles. The monoisotopic (exact) mass is 317 g/mol. The summed E-state index contributed by atoms with van der Waals surface area (Å²) in [5, 5.41) is 3.36. The molecule has 3 rings (SSSR count). The van der Waals surface area contributed by atoms with Crippen molar-refractivity contribution in [2.75, 3.05) is 5.32 Å². The summed E-state index contributed by atoms with van der Waals surface area (Å²) in [7, 11) is 0. The summed E-state index contributed by atoms with van der Waals surface area (Å²) in [5.41, 5.74) is 3.67. The third-order valence-electron chi connectivity index (χ3n) is 3.80. The zero-order chi connectivity index (χ0) is 16.9. The standard InChI is InChI=1S/C20H19N3O/c1-14-12-21-20(18-10-6-9-17(11-18)15(2)24)23-19(14)22-13-16-7-4-3-5-8-16/h3-12H,13H2,1-2H3,(H,21,22,23). The van der Waals surface area contributed by atoms with E-state index in [4.69, 9.17) is 0 Å². The molecule has 0 atom stereocenters. The Kier molecular flexibility index (Phi) is 4.66. The number of hydrogen-bond acceptors (Lipinski definition) is 4. The molecule has 4 heteroatoms. The summed E-state index contributed by atoms with van der Waals surface area (Å²) in [5.74, 6) is 1.45. The number of rotatable bonds is 5. The number of ketones is 1. The predicted octanol–water partition coefficient (Wildman–Crippen LogP) is 4.27. The molecular weight excluding hydrogens is 298 g/mol. The highest BCUT2D eigenvalue weighted by Gasteiger charge is 2.08. The van der Waals surface area contributed by atoms with Crippen molar-refractivity contribution in [1.29, 1.82) is 0 Å². The Morgan fingerprint density at radius 3 is 2.62 bits per heavy atom. The quantitative estimate of drug-likeness (QED) is 0.714. The van der Waals surface area contributed by atoms with Gasteiger partial charge in [-0.3, -0.25) is 4.79 Å². The first-order chi connectivity index (χ1) is 11.6. The van der Waals surface area contributed by atoms with E-state index in [0.29, 0.717) is 17.9 Å². The van der Waals surface area contributed by atoms with E-state index in [-0.39, 0.29) is 5.78 Å². The normalized spacial score (nSPS) is 10.4. The van der Waals surface area contributed by atoms with Gasteiger partial charge >= 0.3 is 0 Å². The Bertz CT molecular complexity index is 860. The molecule has 120 valence electrons. The lowest BCUT2D eigenvalue weighted by atomic mass is 10.1. The van der Waals surface area contributed by atoms with Crippen molar-refractivity contribution in [3.8, 4) is 11.4 Å². The molecule has 4 nitrogen and oxygen atoms in total. The van der Waals surface area contributed by atoms with Crippen LogP contribution in [0.3, 0.4) is 0 Å². The molecule has 0 radical (unpaired) electrons. The SMILES string of the molecule is CC(=O)c1cccc(-c2ncc(C)c(NCc3ccccc3)n2)c1. The first-order valence-corrected chi connectivity index (χ1v) is 7.86. The van der Waals surface area contributed by atoms with E-state index in [1.54, 1.807) is 19.2 Å². The highest BCUT2D eigenvalue weighted by atomic mass is 16.1. The fourth-order valence-electron chi connectivity index (χ4n) is 2.42. The molecule has 0 aliphatic heterocycles. The van der Waals surface area contributed by atoms with Gasteiger partial charge in [0.2, 0.25) is 0 Å². The fraction of sp³-hybridized carbons (Fsp3) is 0.150. The molecule has 2 aromatic carbocycles. The van der Waals surface area contributed by atoms with Gasteiger partial charge in [0.1, 0.15) is 5.82 Å². The molecule has 0 spiro atoms. The number of Topliss-reactive ketones (excluding diaryl/α,β-unsaturated/α-hetero) is 1. The average Bonchev–Trinajstić information content (AvgIpc) is 2.62. The van der Waals surface area contributed by atoms with E-state index in [1.807, 2.05) is 43.3 Å². The molecule has 24 heavy (non-hydrogen) atoms. The zero-order valence-corrected chi connectivity index (χ0v) is 13.8. The van der Waals surface area contributed by atoms with Gasteiger partial charge in [0.25, 0.3) is 0 Å². The number of nitrogens with zero attached hydrogens (tertiary/aromatic N) is 2. The number of benzene rings is 2. The van der Waals surface area contributed by atoms with Crippen LogP contribution in [0.5, 0.6) is 0 Å². The van der Waals surface area contributed by atoms with E-state index in [0.717, 1.165) is 16.9 Å². The molecule has 3 aromatic rings. The third kappa shape index (κ3) is 3.66. The highest BCUT2D eigenvalue weighted by molar-refractivity contribution is 5.95. The van der Waals surface area contributed by atoms with Gasteiger partial charge in [-0.2, -0.15) is 0 Å². The van der Waals surface area contributed by atoms with E-state index >= 15 is 0 Å². The number of aromatic nitrogens is 2. The maximum absolute atomic E-state index is 11.6. The number of carbonyl (C=O) groups excluding carboxylic acids is 1. The second-order valence-corrected chi connectivity index (χ2v) is 5.70. The summed E-state index contributed by atoms with van der Waals surface area (Å²) in [4.78, 5) is 20.6. The molecule has 0 saturated heterocycles. The van der Waals surface area contributed by atoms with Crippen LogP contribution >= 0.6 is 0 Å². The molecule has 0 bridgehead atoms. The van der Waals surface area contributed by atoms with Gasteiger partial charge in [-0.25, -0.2) is 9.97 Å². The van der Waals surface area contributed by atoms with Crippen LogP contribution < -0.4 is 5.32 Å². The summed E-state index contributed by atoms with van der Waals surface area (Å²) in [6.07, 6.45) is 1.80. The number of hydrogen-bond donors (Lipinski definition) is 1. The smallest absolute Gasteiger partial charge is 0.161 e. The molecule has 0 aliphatic rings. The first-order valence-electron chi connectivity index (χ1n) is 7.86. The lowest BCUT2D eigenvalue weighted by molar-refractivity contribution is 0.101. The second-order valence-electron chi connectivity index (χ2n) is 5.70. The fourth-order valence-corrected chi connectivity index (χ4v) is 2.42. The van der Waals surface area contributed by atoms with E-state index < -0.39 is 0 Å². The van der Waals surface area contributed by atoms with Gasteiger partial charge in [0.05, 0.1) is 0 Å². The minimum Gasteiger partial charge on any atom is -0.366 e.